The molecule has 0 spiro atoms. The van der Waals surface area contributed by atoms with E-state index < -0.39 is 0 Å². The van der Waals surface area contributed by atoms with Gasteiger partial charge in [0.1, 0.15) is 11.6 Å². The van der Waals surface area contributed by atoms with Gasteiger partial charge in [0.2, 0.25) is 5.95 Å². The predicted octanol–water partition coefficient (Wildman–Crippen LogP) is 6.08. The largest absolute Gasteiger partial charge is 0.368 e. The summed E-state index contributed by atoms with van der Waals surface area (Å²) < 4.78 is 0. The maximum absolute atomic E-state index is 5.84. The maximum atomic E-state index is 5.84. The van der Waals surface area contributed by atoms with Crippen molar-refractivity contribution in [2.24, 2.45) is 11.8 Å². The molecule has 3 aliphatic rings. The number of hydrogen-bond acceptors (Lipinski definition) is 6. The zero-order valence-electron chi connectivity index (χ0n) is 25.1. The molecule has 2 atom stereocenters. The third-order valence-electron chi connectivity index (χ3n) is 9.38. The molecular formula is C34H45N7S. The molecule has 2 saturated heterocycles. The SMILES string of the molecule is C[C@@H]1C[C@H](C)CN(c2cc(N3CCN(c4ccccc4)CC3)nc(NC(=S)NCC3(c4ccccc4)CCCC3)n2)C1. The van der Waals surface area contributed by atoms with E-state index in [1.54, 1.807) is 0 Å². The highest BCUT2D eigenvalue weighted by Crippen LogP contribution is 2.40. The van der Waals surface area contributed by atoms with E-state index in [0.29, 0.717) is 22.9 Å². The van der Waals surface area contributed by atoms with E-state index in [1.807, 2.05) is 0 Å². The molecule has 0 unspecified atom stereocenters. The first-order valence-corrected chi connectivity index (χ1v) is 16.2. The van der Waals surface area contributed by atoms with Crippen LogP contribution >= 0.6 is 12.2 Å². The first-order valence-electron chi connectivity index (χ1n) is 15.8. The minimum atomic E-state index is 0.124. The Hall–Kier alpha value is -3.39. The van der Waals surface area contributed by atoms with Crippen LogP contribution in [0.2, 0.25) is 0 Å². The van der Waals surface area contributed by atoms with Crippen molar-refractivity contribution in [3.05, 3.63) is 72.3 Å². The Bertz CT molecular complexity index is 1310. The summed E-state index contributed by atoms with van der Waals surface area (Å²) in [5.41, 5.74) is 2.81. The molecule has 42 heavy (non-hydrogen) atoms. The molecule has 8 heteroatoms. The van der Waals surface area contributed by atoms with Gasteiger partial charge in [-0.05, 0) is 61.0 Å². The Labute approximate surface area is 256 Å². The van der Waals surface area contributed by atoms with Crippen LogP contribution in [0.25, 0.3) is 0 Å². The summed E-state index contributed by atoms with van der Waals surface area (Å²) in [6, 6.07) is 23.8. The first kappa shape index (κ1) is 28.7. The van der Waals surface area contributed by atoms with Gasteiger partial charge in [0.15, 0.2) is 5.11 Å². The van der Waals surface area contributed by atoms with E-state index in [-0.39, 0.29) is 5.41 Å². The normalized spacial score (nSPS) is 22.2. The van der Waals surface area contributed by atoms with Gasteiger partial charge in [0.25, 0.3) is 0 Å². The van der Waals surface area contributed by atoms with Gasteiger partial charge in [0.05, 0.1) is 0 Å². The average Bonchev–Trinajstić information content (AvgIpc) is 3.51. The fourth-order valence-corrected chi connectivity index (χ4v) is 7.45. The number of benzene rings is 2. The van der Waals surface area contributed by atoms with Crippen molar-refractivity contribution in [2.45, 2.75) is 51.4 Å². The molecule has 2 aromatic carbocycles. The fraction of sp³-hybridized carbons (Fsp3) is 0.500. The van der Waals surface area contributed by atoms with Gasteiger partial charge in [-0.2, -0.15) is 9.97 Å². The molecule has 0 bridgehead atoms. The summed E-state index contributed by atoms with van der Waals surface area (Å²) in [5, 5.41) is 7.53. The summed E-state index contributed by atoms with van der Waals surface area (Å²) in [6.07, 6.45) is 6.15. The number of thiocarbonyl (C=S) groups is 1. The van der Waals surface area contributed by atoms with E-state index in [1.165, 1.54) is 43.4 Å². The summed E-state index contributed by atoms with van der Waals surface area (Å²) in [6.45, 7) is 11.3. The molecule has 3 fully saturated rings. The molecule has 3 heterocycles. The van der Waals surface area contributed by atoms with Crippen molar-refractivity contribution in [1.82, 2.24) is 15.3 Å². The van der Waals surface area contributed by atoms with Crippen LogP contribution in [0.5, 0.6) is 0 Å². The highest BCUT2D eigenvalue weighted by Gasteiger charge is 2.35. The second kappa shape index (κ2) is 12.9. The van der Waals surface area contributed by atoms with E-state index >= 15 is 0 Å². The Kier molecular flexibility index (Phi) is 8.79. The van der Waals surface area contributed by atoms with Crippen molar-refractivity contribution in [3.63, 3.8) is 0 Å². The lowest BCUT2D eigenvalue weighted by Gasteiger charge is -2.38. The zero-order valence-corrected chi connectivity index (χ0v) is 26.0. The smallest absolute Gasteiger partial charge is 0.232 e. The predicted molar refractivity (Wildman–Crippen MR) is 179 cm³/mol. The van der Waals surface area contributed by atoms with Crippen LogP contribution in [0.3, 0.4) is 0 Å². The lowest BCUT2D eigenvalue weighted by Crippen LogP contribution is -2.47. The van der Waals surface area contributed by atoms with Gasteiger partial charge < -0.3 is 25.3 Å². The fourth-order valence-electron chi connectivity index (χ4n) is 7.29. The van der Waals surface area contributed by atoms with Crippen LogP contribution in [0.1, 0.15) is 51.5 Å². The molecule has 1 aliphatic carbocycles. The monoisotopic (exact) mass is 583 g/mol. The standard InChI is InChI=1S/C34H45N7S/c1-26-21-27(2)24-41(23-26)31-22-30(40-19-17-39(18-20-40)29-13-7-4-8-14-29)36-32(37-31)38-33(42)35-25-34(15-9-10-16-34)28-11-5-3-6-12-28/h3-8,11-14,22,26-27H,9-10,15-21,23-25H2,1-2H3,(H2,35,36,37,38,42)/t26-,27+. The van der Waals surface area contributed by atoms with E-state index in [2.05, 4.69) is 106 Å². The molecule has 1 saturated carbocycles. The van der Waals surface area contributed by atoms with Gasteiger partial charge in [-0.3, -0.25) is 0 Å². The summed E-state index contributed by atoms with van der Waals surface area (Å²) in [7, 11) is 0. The molecule has 2 aliphatic heterocycles. The molecule has 2 N–H and O–H groups in total. The number of nitrogens with one attached hydrogen (secondary N) is 2. The second-order valence-electron chi connectivity index (χ2n) is 12.7. The molecule has 0 radical (unpaired) electrons. The van der Waals surface area contributed by atoms with Crippen molar-refractivity contribution in [3.8, 4) is 0 Å². The zero-order chi connectivity index (χ0) is 28.9. The first-order chi connectivity index (χ1) is 20.5. The highest BCUT2D eigenvalue weighted by atomic mass is 32.1. The van der Waals surface area contributed by atoms with Crippen molar-refractivity contribution in [1.29, 1.82) is 0 Å². The number of anilines is 4. The Morgan fingerprint density at radius 2 is 1.38 bits per heavy atom. The number of piperidine rings is 1. The van der Waals surface area contributed by atoms with Crippen LogP contribution in [-0.4, -0.2) is 60.9 Å². The van der Waals surface area contributed by atoms with Gasteiger partial charge in [0, 0.05) is 63.0 Å². The number of rotatable bonds is 7. The van der Waals surface area contributed by atoms with Crippen LogP contribution in [0, 0.1) is 11.8 Å². The number of aromatic nitrogens is 2. The van der Waals surface area contributed by atoms with Gasteiger partial charge in [-0.1, -0.05) is 75.2 Å². The van der Waals surface area contributed by atoms with E-state index in [4.69, 9.17) is 22.2 Å². The van der Waals surface area contributed by atoms with Crippen LogP contribution in [0.15, 0.2) is 66.7 Å². The molecule has 7 nitrogen and oxygen atoms in total. The second-order valence-corrected chi connectivity index (χ2v) is 13.1. The molecule has 6 rings (SSSR count). The maximum Gasteiger partial charge on any atom is 0.232 e. The molecular weight excluding hydrogens is 538 g/mol. The summed E-state index contributed by atoms with van der Waals surface area (Å²) in [4.78, 5) is 17.3. The van der Waals surface area contributed by atoms with Crippen LogP contribution in [-0.2, 0) is 5.41 Å². The lowest BCUT2D eigenvalue weighted by atomic mass is 9.79. The van der Waals surface area contributed by atoms with Crippen molar-refractivity contribution >= 4 is 40.6 Å². The quantitative estimate of drug-likeness (QED) is 0.325. The number of piperazine rings is 1. The molecule has 1 aromatic heterocycles. The van der Waals surface area contributed by atoms with Gasteiger partial charge in [-0.25, -0.2) is 0 Å². The molecule has 3 aromatic rings. The molecule has 222 valence electrons. The van der Waals surface area contributed by atoms with Crippen molar-refractivity contribution in [2.75, 3.05) is 65.8 Å². The number of nitrogens with zero attached hydrogens (tertiary/aromatic N) is 5. The Morgan fingerprint density at radius 3 is 2.02 bits per heavy atom. The van der Waals surface area contributed by atoms with Crippen LogP contribution in [0.4, 0.5) is 23.3 Å². The number of para-hydroxylation sites is 1. The minimum absolute atomic E-state index is 0.124. The Morgan fingerprint density at radius 1 is 0.810 bits per heavy atom. The van der Waals surface area contributed by atoms with E-state index in [9.17, 15) is 0 Å². The van der Waals surface area contributed by atoms with E-state index in [0.717, 1.165) is 57.4 Å². The molecule has 0 amide bonds. The van der Waals surface area contributed by atoms with Crippen molar-refractivity contribution < 1.29 is 0 Å². The average molecular weight is 584 g/mol. The summed E-state index contributed by atoms with van der Waals surface area (Å²) >= 11 is 5.84. The topological polar surface area (TPSA) is 59.6 Å². The third-order valence-corrected chi connectivity index (χ3v) is 9.62. The number of hydrogen-bond donors (Lipinski definition) is 2. The third kappa shape index (κ3) is 6.64. The minimum Gasteiger partial charge on any atom is -0.368 e. The Balaban J connectivity index is 1.18. The van der Waals surface area contributed by atoms with Gasteiger partial charge in [-0.15, -0.1) is 0 Å². The van der Waals surface area contributed by atoms with Crippen LogP contribution < -0.4 is 25.3 Å². The lowest BCUT2D eigenvalue weighted by molar-refractivity contribution is 0.355. The van der Waals surface area contributed by atoms with Gasteiger partial charge >= 0.3 is 0 Å². The highest BCUT2D eigenvalue weighted by molar-refractivity contribution is 7.80. The summed E-state index contributed by atoms with van der Waals surface area (Å²) in [5.74, 6) is 3.82.